The van der Waals surface area contributed by atoms with Crippen molar-refractivity contribution in [3.05, 3.63) is 187 Å². The van der Waals surface area contributed by atoms with E-state index in [1.54, 1.807) is 0 Å². The summed E-state index contributed by atoms with van der Waals surface area (Å²) in [5, 5.41) is 7.52. The topological polar surface area (TPSA) is 17.4 Å². The molecule has 266 valence electrons. The summed E-state index contributed by atoms with van der Waals surface area (Å²) in [4.78, 5) is 2.45. The number of para-hydroxylation sites is 3. The van der Waals surface area contributed by atoms with Crippen molar-refractivity contribution in [1.82, 2.24) is 4.57 Å². The zero-order chi connectivity index (χ0) is 37.6. The molecule has 0 unspecified atom stereocenters. The molecule has 1 aromatic heterocycles. The van der Waals surface area contributed by atoms with E-state index in [-0.39, 0.29) is 12.1 Å². The van der Waals surface area contributed by atoms with Crippen molar-refractivity contribution in [2.24, 2.45) is 0 Å². The first kappa shape index (κ1) is 31.2. The van der Waals surface area contributed by atoms with Gasteiger partial charge < -0.3 is 14.2 Å². The van der Waals surface area contributed by atoms with E-state index in [1.165, 1.54) is 93.4 Å². The van der Waals surface area contributed by atoms with Gasteiger partial charge >= 0.3 is 0 Å². The molecule has 13 rings (SSSR count). The highest BCUT2D eigenvalue weighted by atomic mass is 16.5. The Balaban J connectivity index is 1.05. The molecule has 3 heterocycles. The van der Waals surface area contributed by atoms with E-state index in [9.17, 15) is 0 Å². The maximum atomic E-state index is 7.04. The molecule has 0 amide bonds. The van der Waals surface area contributed by atoms with Crippen LogP contribution in [0.2, 0.25) is 0 Å². The molecule has 3 nitrogen and oxygen atoms in total. The number of hydrogen-bond donors (Lipinski definition) is 0. The first-order valence-corrected chi connectivity index (χ1v) is 20.0. The Morgan fingerprint density at radius 2 is 1.26 bits per heavy atom. The second-order valence-electron chi connectivity index (χ2n) is 16.4. The van der Waals surface area contributed by atoms with Crippen LogP contribution in [0.1, 0.15) is 25.0 Å². The summed E-state index contributed by atoms with van der Waals surface area (Å²) in [5.74, 6) is 1.89. The van der Waals surface area contributed by atoms with Gasteiger partial charge in [-0.1, -0.05) is 135 Å². The van der Waals surface area contributed by atoms with Gasteiger partial charge in [-0.2, -0.15) is 0 Å². The monoisotopic (exact) mass is 726 g/mol. The molecular weight excluding hydrogens is 691 g/mol. The standard InChI is InChI=1S/C53H35BN2O/c1-53(2)41-30-44-49(57-48-25-13-24-46-51(48)54(44)43-22-12-21-39-37-19-10-11-23-45(37)56(46)52(39)43)29-40(41)50-38-20-9-8-18-36(38)47(31-42(50)53)55(34-16-4-3-5-17-34)35-27-26-32-14-6-7-15-33(32)28-35/h3-31H,1-2H3. The Bertz CT molecular complexity index is 3380. The molecule has 4 heteroatoms. The smallest absolute Gasteiger partial charge is 0.256 e. The summed E-state index contributed by atoms with van der Waals surface area (Å²) in [5.41, 5.74) is 16.0. The lowest BCUT2D eigenvalue weighted by Crippen LogP contribution is -2.58. The van der Waals surface area contributed by atoms with E-state index < -0.39 is 0 Å². The lowest BCUT2D eigenvalue weighted by Gasteiger charge is -2.34. The third-order valence-corrected chi connectivity index (χ3v) is 13.2. The van der Waals surface area contributed by atoms with Crippen LogP contribution < -0.4 is 26.0 Å². The number of fused-ring (bicyclic) bond motifs is 13. The Morgan fingerprint density at radius 3 is 2.14 bits per heavy atom. The van der Waals surface area contributed by atoms with Crippen molar-refractivity contribution >= 4 is 83.5 Å². The Morgan fingerprint density at radius 1 is 0.526 bits per heavy atom. The number of anilines is 3. The Kier molecular flexibility index (Phi) is 6.05. The molecule has 0 saturated carbocycles. The molecule has 0 radical (unpaired) electrons. The fourth-order valence-electron chi connectivity index (χ4n) is 10.7. The van der Waals surface area contributed by atoms with Crippen molar-refractivity contribution in [1.29, 1.82) is 0 Å². The number of benzene rings is 9. The van der Waals surface area contributed by atoms with Crippen molar-refractivity contribution in [3.63, 3.8) is 0 Å². The normalized spacial score (nSPS) is 14.0. The van der Waals surface area contributed by atoms with Gasteiger partial charge in [-0.3, -0.25) is 0 Å². The number of ether oxygens (including phenoxy) is 1. The van der Waals surface area contributed by atoms with Crippen LogP contribution in [-0.4, -0.2) is 11.3 Å². The van der Waals surface area contributed by atoms with Crippen LogP contribution >= 0.6 is 0 Å². The highest BCUT2D eigenvalue weighted by molar-refractivity contribution is 6.99. The highest BCUT2D eigenvalue weighted by Gasteiger charge is 2.44. The predicted molar refractivity (Wildman–Crippen MR) is 239 cm³/mol. The molecule has 3 aliphatic rings. The second-order valence-corrected chi connectivity index (χ2v) is 16.4. The van der Waals surface area contributed by atoms with Crippen LogP contribution in [0.3, 0.4) is 0 Å². The average molecular weight is 727 g/mol. The summed E-state index contributed by atoms with van der Waals surface area (Å²) in [6, 6.07) is 64.9. The van der Waals surface area contributed by atoms with Crippen LogP contribution in [0.25, 0.3) is 60.2 Å². The van der Waals surface area contributed by atoms with Crippen LogP contribution in [-0.2, 0) is 5.41 Å². The Hall–Kier alpha value is -7.04. The van der Waals surface area contributed by atoms with Crippen molar-refractivity contribution in [2.75, 3.05) is 4.90 Å². The van der Waals surface area contributed by atoms with Gasteiger partial charge in [0.1, 0.15) is 11.5 Å². The van der Waals surface area contributed by atoms with Crippen molar-refractivity contribution in [2.45, 2.75) is 19.3 Å². The lowest BCUT2D eigenvalue weighted by molar-refractivity contribution is 0.487. The van der Waals surface area contributed by atoms with E-state index in [4.69, 9.17) is 4.74 Å². The number of hydrogen-bond acceptors (Lipinski definition) is 2. The molecule has 9 aromatic carbocycles. The van der Waals surface area contributed by atoms with E-state index in [0.717, 1.165) is 22.9 Å². The number of rotatable bonds is 3. The Labute approximate surface area is 331 Å². The molecule has 0 spiro atoms. The second kappa shape index (κ2) is 11.1. The maximum Gasteiger partial charge on any atom is 0.256 e. The molecule has 0 bridgehead atoms. The van der Waals surface area contributed by atoms with Gasteiger partial charge in [0.05, 0.1) is 11.2 Å². The molecule has 10 aromatic rings. The first-order chi connectivity index (χ1) is 28.0. The largest absolute Gasteiger partial charge is 0.458 e. The van der Waals surface area contributed by atoms with Gasteiger partial charge in [0.15, 0.2) is 0 Å². The molecule has 0 atom stereocenters. The molecule has 0 fully saturated rings. The van der Waals surface area contributed by atoms with E-state index >= 15 is 0 Å². The predicted octanol–water partition coefficient (Wildman–Crippen LogP) is 11.8. The van der Waals surface area contributed by atoms with Gasteiger partial charge in [0.2, 0.25) is 0 Å². The van der Waals surface area contributed by atoms with E-state index in [2.05, 4.69) is 199 Å². The van der Waals surface area contributed by atoms with Crippen LogP contribution in [0.4, 0.5) is 17.1 Å². The van der Waals surface area contributed by atoms with Crippen LogP contribution in [0.5, 0.6) is 11.5 Å². The minimum absolute atomic E-state index is 0.0547. The molecule has 57 heavy (non-hydrogen) atoms. The van der Waals surface area contributed by atoms with Gasteiger partial charge in [-0.15, -0.1) is 0 Å². The van der Waals surface area contributed by atoms with Crippen molar-refractivity contribution < 1.29 is 4.74 Å². The fraction of sp³-hybridized carbons (Fsp3) is 0.0566. The third kappa shape index (κ3) is 4.07. The van der Waals surface area contributed by atoms with E-state index in [0.29, 0.717) is 0 Å². The molecule has 1 aliphatic carbocycles. The summed E-state index contributed by atoms with van der Waals surface area (Å²) in [6.07, 6.45) is 0. The van der Waals surface area contributed by atoms with Crippen molar-refractivity contribution in [3.8, 4) is 28.3 Å². The van der Waals surface area contributed by atoms with Gasteiger partial charge in [-0.05, 0) is 109 Å². The zero-order valence-electron chi connectivity index (χ0n) is 31.6. The highest BCUT2D eigenvalue weighted by Crippen LogP contribution is 2.55. The molecular formula is C53H35BN2O. The maximum absolute atomic E-state index is 7.04. The molecule has 2 aliphatic heterocycles. The zero-order valence-corrected chi connectivity index (χ0v) is 31.6. The fourth-order valence-corrected chi connectivity index (χ4v) is 10.7. The van der Waals surface area contributed by atoms with Gasteiger partial charge in [0.25, 0.3) is 6.71 Å². The first-order valence-electron chi connectivity index (χ1n) is 20.0. The van der Waals surface area contributed by atoms with Crippen LogP contribution in [0.15, 0.2) is 176 Å². The summed E-state index contributed by atoms with van der Waals surface area (Å²) >= 11 is 0. The van der Waals surface area contributed by atoms with E-state index in [1.807, 2.05) is 0 Å². The lowest BCUT2D eigenvalue weighted by atomic mass is 9.34. The molecule has 0 N–H and O–H groups in total. The van der Waals surface area contributed by atoms with Crippen LogP contribution in [0, 0.1) is 0 Å². The minimum atomic E-state index is -0.278. The minimum Gasteiger partial charge on any atom is -0.458 e. The summed E-state index contributed by atoms with van der Waals surface area (Å²) < 4.78 is 9.51. The quantitative estimate of drug-likeness (QED) is 0.169. The summed E-state index contributed by atoms with van der Waals surface area (Å²) in [6.45, 7) is 4.88. The average Bonchev–Trinajstić information content (AvgIpc) is 3.70. The number of nitrogens with zero attached hydrogens (tertiary/aromatic N) is 2. The molecule has 0 saturated heterocycles. The van der Waals surface area contributed by atoms with Gasteiger partial charge in [-0.25, -0.2) is 0 Å². The number of aromatic nitrogens is 1. The summed E-state index contributed by atoms with van der Waals surface area (Å²) in [7, 11) is 0. The SMILES string of the molecule is CC1(C)c2cc3c(cc2-c2c1cc(N(c1ccccc1)c1ccc4ccccc4c1)c1ccccc21)Oc1cccc2c1B3c1cccc3c4ccccc4n-2c13. The third-order valence-electron chi connectivity index (χ3n) is 13.2. The van der Waals surface area contributed by atoms with Gasteiger partial charge in [0, 0.05) is 44.2 Å².